The number of anilines is 3. The van der Waals surface area contributed by atoms with Crippen molar-refractivity contribution >= 4 is 81.3 Å². The molecule has 0 atom stereocenters. The molecule has 0 unspecified atom stereocenters. The second-order valence-electron chi connectivity index (χ2n) is 14.5. The number of thiophene rings is 1. The highest BCUT2D eigenvalue weighted by Crippen LogP contribution is 2.51. The third-order valence-electron chi connectivity index (χ3n) is 11.3. The van der Waals surface area contributed by atoms with Gasteiger partial charge in [-0.3, -0.25) is 0 Å². The van der Waals surface area contributed by atoms with Gasteiger partial charge in [-0.2, -0.15) is 0 Å². The second kappa shape index (κ2) is 10.9. The SMILES string of the molecule is CC1(C)c2ccccc2-c2cc(N(c3ccc(-c4ccc5c(ccc6oc7ccccc7c65)c4)cc3)c3ccc4c(c3)sc3ccccc34)ccc21. The Bertz CT molecular complexity index is 3050. The van der Waals surface area contributed by atoms with Crippen molar-refractivity contribution in [2.24, 2.45) is 0 Å². The zero-order valence-corrected chi connectivity index (χ0v) is 29.7. The fourth-order valence-corrected chi connectivity index (χ4v) is 9.82. The predicted octanol–water partition coefficient (Wildman–Crippen LogP) is 14.6. The zero-order valence-electron chi connectivity index (χ0n) is 28.9. The fourth-order valence-electron chi connectivity index (χ4n) is 8.68. The average molecular weight is 684 g/mol. The molecule has 2 aromatic heterocycles. The van der Waals surface area contributed by atoms with Crippen LogP contribution < -0.4 is 4.90 Å². The Balaban J connectivity index is 1.04. The Kier molecular flexibility index (Phi) is 6.21. The van der Waals surface area contributed by atoms with E-state index in [1.54, 1.807) is 0 Å². The lowest BCUT2D eigenvalue weighted by atomic mass is 9.82. The van der Waals surface area contributed by atoms with Gasteiger partial charge in [-0.15, -0.1) is 11.3 Å². The molecular weight excluding hydrogens is 651 g/mol. The van der Waals surface area contributed by atoms with E-state index in [0.29, 0.717) is 0 Å². The van der Waals surface area contributed by atoms with Crippen LogP contribution in [-0.4, -0.2) is 0 Å². The van der Waals surface area contributed by atoms with Crippen molar-refractivity contribution in [1.29, 1.82) is 0 Å². The fraction of sp³-hybridized carbons (Fsp3) is 0.0612. The standard InChI is InChI=1S/C49H33NOS/c1-49(2)42-12-6-3-9-37(42)41-28-34(22-25-43(41)49)50(35-21-24-39-38-10-5-8-14-46(38)52-47(39)29-35)33-19-15-30(16-20-33)31-17-23-36-32(27-31)18-26-45-48(36)40-11-4-7-13-44(40)51-45/h3-29H,1-2H3. The summed E-state index contributed by atoms with van der Waals surface area (Å²) in [5.41, 5.74) is 13.1. The summed E-state index contributed by atoms with van der Waals surface area (Å²) in [5.74, 6) is 0. The van der Waals surface area contributed by atoms with E-state index < -0.39 is 0 Å². The van der Waals surface area contributed by atoms with E-state index in [4.69, 9.17) is 4.42 Å². The van der Waals surface area contributed by atoms with Crippen molar-refractivity contribution in [3.05, 3.63) is 175 Å². The molecule has 8 aromatic carbocycles. The molecule has 11 rings (SSSR count). The van der Waals surface area contributed by atoms with Crippen molar-refractivity contribution in [3.8, 4) is 22.3 Å². The number of nitrogens with zero attached hydrogens (tertiary/aromatic N) is 1. The van der Waals surface area contributed by atoms with Gasteiger partial charge in [-0.1, -0.05) is 117 Å². The van der Waals surface area contributed by atoms with Crippen LogP contribution in [0.1, 0.15) is 25.0 Å². The van der Waals surface area contributed by atoms with Crippen LogP contribution in [0.2, 0.25) is 0 Å². The highest BCUT2D eigenvalue weighted by Gasteiger charge is 2.35. The van der Waals surface area contributed by atoms with Gasteiger partial charge in [0.05, 0.1) is 0 Å². The lowest BCUT2D eigenvalue weighted by Crippen LogP contribution is -2.15. The maximum Gasteiger partial charge on any atom is 0.136 e. The number of furan rings is 1. The van der Waals surface area contributed by atoms with Crippen LogP contribution in [0.25, 0.3) is 75.1 Å². The van der Waals surface area contributed by atoms with Gasteiger partial charge in [0.1, 0.15) is 11.2 Å². The van der Waals surface area contributed by atoms with Gasteiger partial charge in [-0.05, 0) is 105 Å². The second-order valence-corrected chi connectivity index (χ2v) is 15.6. The lowest BCUT2D eigenvalue weighted by molar-refractivity contribution is 0.660. The Morgan fingerprint density at radius 2 is 1.13 bits per heavy atom. The molecule has 10 aromatic rings. The van der Waals surface area contributed by atoms with Crippen molar-refractivity contribution in [2.45, 2.75) is 19.3 Å². The van der Waals surface area contributed by atoms with E-state index in [1.807, 2.05) is 23.5 Å². The number of hydrogen-bond acceptors (Lipinski definition) is 3. The maximum atomic E-state index is 6.17. The first-order valence-corrected chi connectivity index (χ1v) is 18.7. The molecule has 1 aliphatic rings. The quantitative estimate of drug-likeness (QED) is 0.184. The number of benzene rings is 8. The van der Waals surface area contributed by atoms with Crippen LogP contribution in [-0.2, 0) is 5.41 Å². The summed E-state index contributed by atoms with van der Waals surface area (Å²) < 4.78 is 8.78. The molecule has 0 saturated carbocycles. The van der Waals surface area contributed by atoms with E-state index in [0.717, 1.165) is 33.6 Å². The topological polar surface area (TPSA) is 16.4 Å². The Morgan fingerprint density at radius 3 is 2.04 bits per heavy atom. The Morgan fingerprint density at radius 1 is 0.462 bits per heavy atom. The number of fused-ring (bicyclic) bond motifs is 11. The van der Waals surface area contributed by atoms with Gasteiger partial charge in [0.2, 0.25) is 0 Å². The number of para-hydroxylation sites is 1. The summed E-state index contributed by atoms with van der Waals surface area (Å²) in [6.07, 6.45) is 0. The molecule has 246 valence electrons. The Hall–Kier alpha value is -6.16. The van der Waals surface area contributed by atoms with Crippen LogP contribution in [0.5, 0.6) is 0 Å². The maximum absolute atomic E-state index is 6.17. The summed E-state index contributed by atoms with van der Waals surface area (Å²) in [7, 11) is 0. The summed E-state index contributed by atoms with van der Waals surface area (Å²) in [6.45, 7) is 4.69. The number of hydrogen-bond donors (Lipinski definition) is 0. The molecule has 0 N–H and O–H groups in total. The largest absolute Gasteiger partial charge is 0.456 e. The summed E-state index contributed by atoms with van der Waals surface area (Å²) >= 11 is 1.86. The number of rotatable bonds is 4. The molecule has 0 bridgehead atoms. The Labute approximate surface area is 305 Å². The van der Waals surface area contributed by atoms with Gasteiger partial charge >= 0.3 is 0 Å². The van der Waals surface area contributed by atoms with Crippen molar-refractivity contribution in [3.63, 3.8) is 0 Å². The van der Waals surface area contributed by atoms with Crippen LogP contribution in [0.4, 0.5) is 17.1 Å². The lowest BCUT2D eigenvalue weighted by Gasteiger charge is -2.27. The van der Waals surface area contributed by atoms with Crippen LogP contribution in [0, 0.1) is 0 Å². The highest BCUT2D eigenvalue weighted by atomic mass is 32.1. The molecular formula is C49H33NOS. The molecule has 0 amide bonds. The minimum absolute atomic E-state index is 0.0384. The van der Waals surface area contributed by atoms with Gasteiger partial charge in [0.15, 0.2) is 0 Å². The van der Waals surface area contributed by atoms with Crippen LogP contribution >= 0.6 is 11.3 Å². The van der Waals surface area contributed by atoms with Crippen molar-refractivity contribution in [1.82, 2.24) is 0 Å². The molecule has 3 heteroatoms. The third-order valence-corrected chi connectivity index (χ3v) is 12.4. The van der Waals surface area contributed by atoms with Gasteiger partial charge in [-0.25, -0.2) is 0 Å². The molecule has 0 radical (unpaired) electrons. The van der Waals surface area contributed by atoms with E-state index in [1.165, 1.54) is 69.7 Å². The molecule has 0 aliphatic heterocycles. The highest BCUT2D eigenvalue weighted by molar-refractivity contribution is 7.25. The van der Waals surface area contributed by atoms with Crippen LogP contribution in [0.15, 0.2) is 168 Å². The van der Waals surface area contributed by atoms with E-state index in [9.17, 15) is 0 Å². The summed E-state index contributed by atoms with van der Waals surface area (Å²) in [4.78, 5) is 2.42. The van der Waals surface area contributed by atoms with Gasteiger partial charge < -0.3 is 9.32 Å². The average Bonchev–Trinajstić information content (AvgIpc) is 3.83. The predicted molar refractivity (Wildman–Crippen MR) is 222 cm³/mol. The van der Waals surface area contributed by atoms with E-state index in [2.05, 4.69) is 170 Å². The van der Waals surface area contributed by atoms with Crippen LogP contribution in [0.3, 0.4) is 0 Å². The third kappa shape index (κ3) is 4.30. The van der Waals surface area contributed by atoms with Gasteiger partial charge in [0, 0.05) is 53.4 Å². The normalized spacial score (nSPS) is 13.3. The smallest absolute Gasteiger partial charge is 0.136 e. The van der Waals surface area contributed by atoms with E-state index >= 15 is 0 Å². The van der Waals surface area contributed by atoms with Crippen molar-refractivity contribution in [2.75, 3.05) is 4.90 Å². The minimum Gasteiger partial charge on any atom is -0.456 e. The zero-order chi connectivity index (χ0) is 34.6. The first-order chi connectivity index (χ1) is 25.5. The van der Waals surface area contributed by atoms with Crippen molar-refractivity contribution < 1.29 is 4.42 Å². The summed E-state index contributed by atoms with van der Waals surface area (Å²) in [5, 5.41) is 7.39. The molecule has 1 aliphatic carbocycles. The minimum atomic E-state index is -0.0384. The molecule has 0 spiro atoms. The van der Waals surface area contributed by atoms with E-state index in [-0.39, 0.29) is 5.41 Å². The monoisotopic (exact) mass is 683 g/mol. The molecule has 0 fully saturated rings. The molecule has 0 saturated heterocycles. The summed E-state index contributed by atoms with van der Waals surface area (Å²) in [6, 6.07) is 60.1. The molecule has 52 heavy (non-hydrogen) atoms. The molecule has 2 nitrogen and oxygen atoms in total. The first-order valence-electron chi connectivity index (χ1n) is 17.9. The van der Waals surface area contributed by atoms with Gasteiger partial charge in [0.25, 0.3) is 0 Å². The molecule has 2 heterocycles. The first kappa shape index (κ1) is 29.6.